The second kappa shape index (κ2) is 10.3. The van der Waals surface area contributed by atoms with Gasteiger partial charge in [0.1, 0.15) is 6.04 Å². The quantitative estimate of drug-likeness (QED) is 0.630. The molecule has 188 valence electrons. The number of hydrogen-bond acceptors (Lipinski definition) is 5. The Hall–Kier alpha value is -2.62. The molecule has 0 aromatic heterocycles. The van der Waals surface area contributed by atoms with Crippen LogP contribution in [0.4, 0.5) is 13.2 Å². The van der Waals surface area contributed by atoms with Crippen LogP contribution in [-0.4, -0.2) is 72.5 Å². The lowest BCUT2D eigenvalue weighted by atomic mass is 9.80. The highest BCUT2D eigenvalue weighted by Gasteiger charge is 2.45. The van der Waals surface area contributed by atoms with Crippen molar-refractivity contribution in [1.82, 2.24) is 15.1 Å². The largest absolute Gasteiger partial charge is 0.469 e. The summed E-state index contributed by atoms with van der Waals surface area (Å²) in [5, 5.41) is 2.57. The maximum absolute atomic E-state index is 13.1. The topological polar surface area (TPSA) is 79.0 Å². The Bertz CT molecular complexity index is 921. The fraction of sp³-hybridized carbons (Fsp3) is 0.625. The lowest BCUT2D eigenvalue weighted by molar-refractivity contribution is -0.152. The fourth-order valence-corrected chi connectivity index (χ4v) is 4.95. The Morgan fingerprint density at radius 3 is 2.53 bits per heavy atom. The van der Waals surface area contributed by atoms with Crippen molar-refractivity contribution in [1.29, 1.82) is 0 Å². The molecule has 0 spiro atoms. The zero-order valence-corrected chi connectivity index (χ0v) is 19.9. The number of methoxy groups -OCH3 is 1. The number of hydrogen-bond donors (Lipinski definition) is 1. The number of likely N-dealkylation sites (tertiary alicyclic amines) is 1. The van der Waals surface area contributed by atoms with Gasteiger partial charge in [0.2, 0.25) is 5.91 Å². The van der Waals surface area contributed by atoms with Crippen LogP contribution in [0.2, 0.25) is 0 Å². The summed E-state index contributed by atoms with van der Waals surface area (Å²) >= 11 is 0. The van der Waals surface area contributed by atoms with E-state index in [1.807, 2.05) is 7.05 Å². The van der Waals surface area contributed by atoms with Crippen LogP contribution in [0, 0.1) is 5.92 Å². The minimum atomic E-state index is -4.57. The predicted molar refractivity (Wildman–Crippen MR) is 119 cm³/mol. The molecule has 1 heterocycles. The summed E-state index contributed by atoms with van der Waals surface area (Å²) in [5.74, 6) is -1.91. The number of amides is 2. The van der Waals surface area contributed by atoms with Gasteiger partial charge in [-0.2, -0.15) is 13.2 Å². The first kappa shape index (κ1) is 26.0. The summed E-state index contributed by atoms with van der Waals surface area (Å²) < 4.78 is 44.0. The van der Waals surface area contributed by atoms with Gasteiger partial charge in [-0.3, -0.25) is 14.4 Å². The molecule has 0 bridgehead atoms. The Labute approximate surface area is 197 Å². The molecule has 7 nitrogen and oxygen atoms in total. The van der Waals surface area contributed by atoms with E-state index >= 15 is 0 Å². The number of carbonyl (C=O) groups excluding carboxylic acids is 3. The number of rotatable bonds is 6. The zero-order valence-electron chi connectivity index (χ0n) is 19.9. The Balaban J connectivity index is 1.70. The summed E-state index contributed by atoms with van der Waals surface area (Å²) in [4.78, 5) is 42.2. The lowest BCUT2D eigenvalue weighted by Crippen LogP contribution is -2.53. The minimum absolute atomic E-state index is 0.161. The molecular weight excluding hydrogens is 451 g/mol. The zero-order chi connectivity index (χ0) is 25.2. The third-order valence-corrected chi connectivity index (χ3v) is 7.08. The van der Waals surface area contributed by atoms with Crippen molar-refractivity contribution in [2.24, 2.45) is 5.92 Å². The molecule has 2 aliphatic rings. The number of alkyl halides is 3. The van der Waals surface area contributed by atoms with E-state index in [1.165, 1.54) is 13.2 Å². The minimum Gasteiger partial charge on any atom is -0.469 e. The van der Waals surface area contributed by atoms with E-state index in [1.54, 1.807) is 4.90 Å². The maximum Gasteiger partial charge on any atom is 0.416 e. The molecule has 1 aliphatic heterocycles. The van der Waals surface area contributed by atoms with Gasteiger partial charge >= 0.3 is 12.1 Å². The van der Waals surface area contributed by atoms with E-state index < -0.39 is 29.6 Å². The third kappa shape index (κ3) is 5.54. The van der Waals surface area contributed by atoms with Gasteiger partial charge in [-0.15, -0.1) is 0 Å². The smallest absolute Gasteiger partial charge is 0.416 e. The molecule has 1 N–H and O–H groups in total. The van der Waals surface area contributed by atoms with Crippen LogP contribution >= 0.6 is 0 Å². The Morgan fingerprint density at radius 2 is 1.91 bits per heavy atom. The molecule has 1 aliphatic carbocycles. The van der Waals surface area contributed by atoms with Crippen LogP contribution < -0.4 is 5.32 Å². The molecular formula is C24H32F3N3O4. The summed E-state index contributed by atoms with van der Waals surface area (Å²) in [6, 6.07) is 3.41. The highest BCUT2D eigenvalue weighted by atomic mass is 19.4. The number of ether oxygens (including phenoxy) is 1. The first-order valence-corrected chi connectivity index (χ1v) is 11.5. The average molecular weight is 484 g/mol. The van der Waals surface area contributed by atoms with Crippen molar-refractivity contribution < 1.29 is 32.3 Å². The molecule has 10 heteroatoms. The van der Waals surface area contributed by atoms with Gasteiger partial charge in [-0.05, 0) is 64.8 Å². The summed E-state index contributed by atoms with van der Waals surface area (Å²) in [5.41, 5.74) is -1.09. The van der Waals surface area contributed by atoms with Crippen molar-refractivity contribution in [3.63, 3.8) is 0 Å². The van der Waals surface area contributed by atoms with Gasteiger partial charge in [0.15, 0.2) is 0 Å². The van der Waals surface area contributed by atoms with Crippen molar-refractivity contribution in [2.75, 3.05) is 20.7 Å². The normalized spacial score (nSPS) is 25.7. The molecule has 2 fully saturated rings. The van der Waals surface area contributed by atoms with Gasteiger partial charge in [0, 0.05) is 30.2 Å². The molecule has 0 radical (unpaired) electrons. The van der Waals surface area contributed by atoms with Gasteiger partial charge in [0.25, 0.3) is 5.91 Å². The Morgan fingerprint density at radius 1 is 1.21 bits per heavy atom. The van der Waals surface area contributed by atoms with E-state index in [0.29, 0.717) is 31.8 Å². The molecule has 1 saturated heterocycles. The number of nitrogens with one attached hydrogen (secondary N) is 1. The van der Waals surface area contributed by atoms with Crippen molar-refractivity contribution in [3.05, 3.63) is 35.4 Å². The highest BCUT2D eigenvalue weighted by molar-refractivity contribution is 5.98. The SMILES string of the molecule is COC(=O)[C@H]1C[C@H](N(C)C(C)C)CC[C@@H]1N1CCC(NC(=O)c2cccc(C(F)(F)F)c2)C1=O. The van der Waals surface area contributed by atoms with E-state index in [0.717, 1.165) is 24.6 Å². The summed E-state index contributed by atoms with van der Waals surface area (Å²) in [6.45, 7) is 4.52. The molecule has 34 heavy (non-hydrogen) atoms. The average Bonchev–Trinajstić information content (AvgIpc) is 3.16. The van der Waals surface area contributed by atoms with Gasteiger partial charge in [0.05, 0.1) is 18.6 Å². The number of halogens is 3. The lowest BCUT2D eigenvalue weighted by Gasteiger charge is -2.43. The third-order valence-electron chi connectivity index (χ3n) is 7.08. The number of esters is 1. The van der Waals surface area contributed by atoms with Crippen LogP contribution in [-0.2, 0) is 20.5 Å². The van der Waals surface area contributed by atoms with E-state index in [9.17, 15) is 27.6 Å². The summed E-state index contributed by atoms with van der Waals surface area (Å²) in [6.07, 6.45) is -2.23. The highest BCUT2D eigenvalue weighted by Crippen LogP contribution is 2.35. The van der Waals surface area contributed by atoms with Crippen LogP contribution in [0.1, 0.15) is 55.5 Å². The van der Waals surface area contributed by atoms with Gasteiger partial charge in [-0.1, -0.05) is 6.07 Å². The van der Waals surface area contributed by atoms with Crippen molar-refractivity contribution in [2.45, 2.75) is 69.9 Å². The number of carbonyl (C=O) groups is 3. The van der Waals surface area contributed by atoms with E-state index in [2.05, 4.69) is 24.1 Å². The fourth-order valence-electron chi connectivity index (χ4n) is 4.95. The predicted octanol–water partition coefficient (Wildman–Crippen LogP) is 3.09. The molecule has 3 rings (SSSR count). The maximum atomic E-state index is 13.1. The van der Waals surface area contributed by atoms with Crippen LogP contribution in [0.25, 0.3) is 0 Å². The van der Waals surface area contributed by atoms with E-state index in [-0.39, 0.29) is 29.5 Å². The van der Waals surface area contributed by atoms with E-state index in [4.69, 9.17) is 4.74 Å². The first-order chi connectivity index (χ1) is 15.9. The summed E-state index contributed by atoms with van der Waals surface area (Å²) in [7, 11) is 3.35. The van der Waals surface area contributed by atoms with Crippen molar-refractivity contribution in [3.8, 4) is 0 Å². The second-order valence-electron chi connectivity index (χ2n) is 9.35. The number of nitrogens with zero attached hydrogens (tertiary/aromatic N) is 2. The standard InChI is InChI=1S/C24H32F3N3O4/c1-14(2)29(3)17-8-9-20(18(13-17)23(33)34-4)30-11-10-19(22(30)32)28-21(31)15-6-5-7-16(12-15)24(25,26)27/h5-7,12,14,17-20H,8-11,13H2,1-4H3,(H,28,31)/t17-,18+,19?,20+/m1/s1. The van der Waals surface area contributed by atoms with Gasteiger partial charge < -0.3 is 19.9 Å². The number of benzene rings is 1. The monoisotopic (exact) mass is 483 g/mol. The molecule has 1 saturated carbocycles. The molecule has 4 atom stereocenters. The first-order valence-electron chi connectivity index (χ1n) is 11.5. The van der Waals surface area contributed by atoms with Crippen LogP contribution in [0.3, 0.4) is 0 Å². The van der Waals surface area contributed by atoms with Gasteiger partial charge in [-0.25, -0.2) is 0 Å². The van der Waals surface area contributed by atoms with Crippen molar-refractivity contribution >= 4 is 17.8 Å². The molecule has 1 unspecified atom stereocenters. The molecule has 2 amide bonds. The Kier molecular flexibility index (Phi) is 7.90. The molecule has 1 aromatic rings. The van der Waals surface area contributed by atoms with Crippen LogP contribution in [0.5, 0.6) is 0 Å². The van der Waals surface area contributed by atoms with Crippen LogP contribution in [0.15, 0.2) is 24.3 Å². The second-order valence-corrected chi connectivity index (χ2v) is 9.35. The molecule has 1 aromatic carbocycles.